The Morgan fingerprint density at radius 2 is 2.11 bits per heavy atom. The molecule has 0 saturated heterocycles. The van der Waals surface area contributed by atoms with E-state index in [9.17, 15) is 9.18 Å². The average molecular weight is 309 g/mol. The molecule has 18 heavy (non-hydrogen) atoms. The molecule has 1 aromatic heterocycles. The molecule has 1 aromatic carbocycles. The predicted molar refractivity (Wildman–Crippen MR) is 71.0 cm³/mol. The van der Waals surface area contributed by atoms with Gasteiger partial charge in [0.05, 0.1) is 5.56 Å². The van der Waals surface area contributed by atoms with Crippen molar-refractivity contribution in [2.24, 2.45) is 0 Å². The molecule has 0 fully saturated rings. The van der Waals surface area contributed by atoms with Gasteiger partial charge in [0.25, 0.3) is 5.91 Å². The number of nitrogens with one attached hydrogen (secondary N) is 1. The van der Waals surface area contributed by atoms with E-state index in [4.69, 9.17) is 0 Å². The molecule has 0 radical (unpaired) electrons. The molecule has 0 atom stereocenters. The zero-order chi connectivity index (χ0) is 13.1. The topological polar surface area (TPSA) is 42.0 Å². The Morgan fingerprint density at radius 3 is 2.78 bits per heavy atom. The van der Waals surface area contributed by atoms with Gasteiger partial charge in [0.1, 0.15) is 5.82 Å². The molecule has 0 spiro atoms. The molecule has 0 saturated carbocycles. The van der Waals surface area contributed by atoms with Crippen molar-refractivity contribution in [3.63, 3.8) is 0 Å². The molecule has 0 aliphatic rings. The van der Waals surface area contributed by atoms with E-state index in [2.05, 4.69) is 26.2 Å². The summed E-state index contributed by atoms with van der Waals surface area (Å²) in [5.74, 6) is -0.775. The number of aromatic nitrogens is 1. The number of carbonyl (C=O) groups excluding carboxylic acids is 1. The maximum Gasteiger partial charge on any atom is 0.257 e. The molecule has 92 valence electrons. The van der Waals surface area contributed by atoms with E-state index in [-0.39, 0.29) is 11.7 Å². The number of hydrogen-bond donors (Lipinski definition) is 1. The van der Waals surface area contributed by atoms with Crippen molar-refractivity contribution < 1.29 is 9.18 Å². The lowest BCUT2D eigenvalue weighted by atomic mass is 10.1. The van der Waals surface area contributed by atoms with E-state index in [1.165, 1.54) is 18.2 Å². The molecule has 3 nitrogen and oxygen atoms in total. The summed E-state index contributed by atoms with van der Waals surface area (Å²) in [7, 11) is 0. The van der Waals surface area contributed by atoms with E-state index in [1.54, 1.807) is 6.07 Å². The Kier molecular flexibility index (Phi) is 3.72. The molecule has 2 aromatic rings. The van der Waals surface area contributed by atoms with Crippen LogP contribution >= 0.6 is 15.9 Å². The van der Waals surface area contributed by atoms with Crippen molar-refractivity contribution in [3.05, 3.63) is 57.9 Å². The Bertz CT molecular complexity index is 601. The first-order valence-corrected chi connectivity index (χ1v) is 6.05. The fourth-order valence-corrected chi connectivity index (χ4v) is 2.14. The predicted octanol–water partition coefficient (Wildman–Crippen LogP) is 3.54. The monoisotopic (exact) mass is 308 g/mol. The summed E-state index contributed by atoms with van der Waals surface area (Å²) in [6.07, 6.45) is 0. The summed E-state index contributed by atoms with van der Waals surface area (Å²) in [5, 5.41) is 2.54. The van der Waals surface area contributed by atoms with Crippen molar-refractivity contribution >= 4 is 27.7 Å². The Hall–Kier alpha value is -1.75. The van der Waals surface area contributed by atoms with Crippen molar-refractivity contribution in [3.8, 4) is 0 Å². The van der Waals surface area contributed by atoms with Gasteiger partial charge in [-0.3, -0.25) is 4.79 Å². The second kappa shape index (κ2) is 5.27. The molecule has 2 rings (SSSR count). The smallest absolute Gasteiger partial charge is 0.257 e. The van der Waals surface area contributed by atoms with E-state index >= 15 is 0 Å². The van der Waals surface area contributed by atoms with Gasteiger partial charge < -0.3 is 5.32 Å². The van der Waals surface area contributed by atoms with Gasteiger partial charge in [0, 0.05) is 4.47 Å². The Labute approximate surface area is 112 Å². The van der Waals surface area contributed by atoms with Crippen LogP contribution in [0, 0.1) is 12.9 Å². The summed E-state index contributed by atoms with van der Waals surface area (Å²) in [6.45, 7) is 1.93. The zero-order valence-corrected chi connectivity index (χ0v) is 11.2. The van der Waals surface area contributed by atoms with Crippen LogP contribution < -0.4 is 5.32 Å². The van der Waals surface area contributed by atoms with Crippen molar-refractivity contribution in [2.45, 2.75) is 6.92 Å². The largest absolute Gasteiger partial charge is 0.306 e. The Balaban J connectivity index is 2.22. The highest BCUT2D eigenvalue weighted by Crippen LogP contribution is 2.19. The van der Waals surface area contributed by atoms with Crippen molar-refractivity contribution in [1.82, 2.24) is 4.98 Å². The van der Waals surface area contributed by atoms with Gasteiger partial charge >= 0.3 is 0 Å². The third-order valence-electron chi connectivity index (χ3n) is 2.33. The first-order chi connectivity index (χ1) is 8.56. The van der Waals surface area contributed by atoms with Crippen LogP contribution in [0.5, 0.6) is 0 Å². The van der Waals surface area contributed by atoms with Gasteiger partial charge in [-0.2, -0.15) is 4.39 Å². The van der Waals surface area contributed by atoms with E-state index < -0.39 is 5.95 Å². The van der Waals surface area contributed by atoms with E-state index in [0.717, 1.165) is 5.56 Å². The SMILES string of the molecule is Cc1ccc(C(=O)Nc2cccc(F)n2)c(Br)c1. The summed E-state index contributed by atoms with van der Waals surface area (Å²) >= 11 is 3.32. The lowest BCUT2D eigenvalue weighted by Gasteiger charge is -2.06. The number of halogens is 2. The highest BCUT2D eigenvalue weighted by atomic mass is 79.9. The molecule has 0 aliphatic heterocycles. The molecule has 1 amide bonds. The molecule has 1 heterocycles. The summed E-state index contributed by atoms with van der Waals surface area (Å²) in [5.41, 5.74) is 1.52. The van der Waals surface area contributed by atoms with Crippen LogP contribution in [0.4, 0.5) is 10.2 Å². The quantitative estimate of drug-likeness (QED) is 0.862. The third kappa shape index (κ3) is 2.92. The number of carbonyl (C=O) groups is 1. The standard InChI is InChI=1S/C13H10BrFN2O/c1-8-5-6-9(10(14)7-8)13(18)17-12-4-2-3-11(15)16-12/h2-7H,1H3,(H,16,17,18). The van der Waals surface area contributed by atoms with Crippen LogP contribution in [-0.4, -0.2) is 10.9 Å². The van der Waals surface area contributed by atoms with Crippen LogP contribution in [-0.2, 0) is 0 Å². The number of benzene rings is 1. The van der Waals surface area contributed by atoms with Gasteiger partial charge in [0.15, 0.2) is 0 Å². The number of rotatable bonds is 2. The van der Waals surface area contributed by atoms with Gasteiger partial charge in [0.2, 0.25) is 5.95 Å². The maximum atomic E-state index is 12.9. The summed E-state index contributed by atoms with van der Waals surface area (Å²) in [6, 6.07) is 9.61. The highest BCUT2D eigenvalue weighted by molar-refractivity contribution is 9.10. The number of nitrogens with zero attached hydrogens (tertiary/aromatic N) is 1. The minimum Gasteiger partial charge on any atom is -0.306 e. The molecule has 0 bridgehead atoms. The zero-order valence-electron chi connectivity index (χ0n) is 9.58. The Morgan fingerprint density at radius 1 is 1.33 bits per heavy atom. The van der Waals surface area contributed by atoms with Gasteiger partial charge in [-0.15, -0.1) is 0 Å². The normalized spacial score (nSPS) is 10.2. The minimum absolute atomic E-state index is 0.187. The van der Waals surface area contributed by atoms with Gasteiger partial charge in [-0.25, -0.2) is 4.98 Å². The molecular formula is C13H10BrFN2O. The van der Waals surface area contributed by atoms with E-state index in [0.29, 0.717) is 10.0 Å². The highest BCUT2D eigenvalue weighted by Gasteiger charge is 2.10. The number of amides is 1. The molecule has 1 N–H and O–H groups in total. The van der Waals surface area contributed by atoms with Crippen LogP contribution in [0.3, 0.4) is 0 Å². The number of hydrogen-bond acceptors (Lipinski definition) is 2. The fourth-order valence-electron chi connectivity index (χ4n) is 1.47. The third-order valence-corrected chi connectivity index (χ3v) is 2.98. The van der Waals surface area contributed by atoms with Crippen molar-refractivity contribution in [1.29, 1.82) is 0 Å². The molecule has 0 unspecified atom stereocenters. The van der Waals surface area contributed by atoms with Gasteiger partial charge in [-0.05, 0) is 52.7 Å². The minimum atomic E-state index is -0.629. The van der Waals surface area contributed by atoms with E-state index in [1.807, 2.05) is 19.1 Å². The molecular weight excluding hydrogens is 299 g/mol. The van der Waals surface area contributed by atoms with Crippen molar-refractivity contribution in [2.75, 3.05) is 5.32 Å². The fraction of sp³-hybridized carbons (Fsp3) is 0.0769. The maximum absolute atomic E-state index is 12.9. The molecule has 0 aliphatic carbocycles. The average Bonchev–Trinajstić information content (AvgIpc) is 2.28. The first-order valence-electron chi connectivity index (χ1n) is 5.26. The first kappa shape index (κ1) is 12.7. The second-order valence-electron chi connectivity index (χ2n) is 3.78. The lowest BCUT2D eigenvalue weighted by Crippen LogP contribution is -2.13. The number of pyridine rings is 1. The summed E-state index contributed by atoms with van der Waals surface area (Å²) < 4.78 is 13.6. The number of anilines is 1. The molecule has 5 heteroatoms. The van der Waals surface area contributed by atoms with Crippen LogP contribution in [0.25, 0.3) is 0 Å². The van der Waals surface area contributed by atoms with Crippen LogP contribution in [0.15, 0.2) is 40.9 Å². The lowest BCUT2D eigenvalue weighted by molar-refractivity contribution is 0.102. The van der Waals surface area contributed by atoms with Crippen LogP contribution in [0.2, 0.25) is 0 Å². The van der Waals surface area contributed by atoms with Crippen LogP contribution in [0.1, 0.15) is 15.9 Å². The second-order valence-corrected chi connectivity index (χ2v) is 4.64. The van der Waals surface area contributed by atoms with Gasteiger partial charge in [-0.1, -0.05) is 12.1 Å². The number of aryl methyl sites for hydroxylation is 1. The summed E-state index contributed by atoms with van der Waals surface area (Å²) in [4.78, 5) is 15.5.